The van der Waals surface area contributed by atoms with Gasteiger partial charge in [-0.1, -0.05) is 179 Å². The van der Waals surface area contributed by atoms with Crippen LogP contribution in [-0.2, 0) is 18.4 Å². The normalized spacial score (nSPS) is 14.7. The average Bonchev–Trinajstić information content (AvgIpc) is 3.13. The molecule has 0 rings (SSSR count). The topological polar surface area (TPSA) is 108 Å². The van der Waals surface area contributed by atoms with Gasteiger partial charge in [0.25, 0.3) is 7.82 Å². The fraction of sp³-hybridized carbons (Fsp3) is 0.848. The van der Waals surface area contributed by atoms with E-state index in [1.54, 1.807) is 6.08 Å². The molecule has 9 heteroatoms. The van der Waals surface area contributed by atoms with Crippen molar-refractivity contribution in [3.63, 3.8) is 0 Å². The SMILES string of the molecule is CCCCCC/C=C\C/C=C\CCCCCCCCCC(=O)NC(COP(=O)([O-])OCC[N+](C)(C)C)C(O)/C=C/CCCCCCCCCCCCCCC. The van der Waals surface area contributed by atoms with Gasteiger partial charge in [-0.15, -0.1) is 0 Å². The van der Waals surface area contributed by atoms with Crippen LogP contribution in [0.25, 0.3) is 0 Å². The molecule has 0 aromatic heterocycles. The van der Waals surface area contributed by atoms with E-state index < -0.39 is 20.0 Å². The number of aliphatic hydroxyl groups is 1. The fourth-order valence-electron chi connectivity index (χ4n) is 6.42. The molecule has 2 N–H and O–H groups in total. The van der Waals surface area contributed by atoms with Crippen molar-refractivity contribution in [2.45, 2.75) is 212 Å². The lowest BCUT2D eigenvalue weighted by atomic mass is 10.0. The predicted molar refractivity (Wildman–Crippen MR) is 233 cm³/mol. The molecule has 55 heavy (non-hydrogen) atoms. The molecule has 8 nitrogen and oxygen atoms in total. The first-order valence-electron chi connectivity index (χ1n) is 22.9. The lowest BCUT2D eigenvalue weighted by Crippen LogP contribution is -2.45. The number of phosphoric ester groups is 1. The summed E-state index contributed by atoms with van der Waals surface area (Å²) in [5, 5.41) is 13.8. The number of nitrogens with zero attached hydrogens (tertiary/aromatic N) is 1. The lowest BCUT2D eigenvalue weighted by Gasteiger charge is -2.29. The highest BCUT2D eigenvalue weighted by molar-refractivity contribution is 7.45. The van der Waals surface area contributed by atoms with Crippen molar-refractivity contribution in [1.82, 2.24) is 5.32 Å². The van der Waals surface area contributed by atoms with Crippen LogP contribution in [0.15, 0.2) is 36.5 Å². The van der Waals surface area contributed by atoms with Crippen LogP contribution in [0.4, 0.5) is 0 Å². The molecular weight excluding hydrogens is 707 g/mol. The Morgan fingerprint density at radius 3 is 1.53 bits per heavy atom. The van der Waals surface area contributed by atoms with Crippen LogP contribution in [-0.4, -0.2) is 68.5 Å². The van der Waals surface area contributed by atoms with E-state index >= 15 is 0 Å². The van der Waals surface area contributed by atoms with Crippen LogP contribution in [0.3, 0.4) is 0 Å². The number of rotatable bonds is 41. The minimum atomic E-state index is -4.59. The molecule has 0 aliphatic carbocycles. The molecule has 0 aliphatic rings. The molecule has 0 spiro atoms. The maximum absolute atomic E-state index is 12.9. The third kappa shape index (κ3) is 40.7. The summed E-state index contributed by atoms with van der Waals surface area (Å²) >= 11 is 0. The number of allylic oxidation sites excluding steroid dienone is 5. The maximum Gasteiger partial charge on any atom is 0.268 e. The van der Waals surface area contributed by atoms with Crippen LogP contribution < -0.4 is 10.2 Å². The van der Waals surface area contributed by atoms with E-state index in [0.29, 0.717) is 17.4 Å². The molecule has 0 bridgehead atoms. The van der Waals surface area contributed by atoms with Crippen LogP contribution in [0, 0.1) is 0 Å². The quantitative estimate of drug-likeness (QED) is 0.0276. The Bertz CT molecular complexity index is 995. The molecule has 0 radical (unpaired) electrons. The zero-order valence-electron chi connectivity index (χ0n) is 36.6. The van der Waals surface area contributed by atoms with Gasteiger partial charge in [-0.3, -0.25) is 9.36 Å². The fourth-order valence-corrected chi connectivity index (χ4v) is 7.14. The van der Waals surface area contributed by atoms with Gasteiger partial charge in [-0.2, -0.15) is 0 Å². The van der Waals surface area contributed by atoms with Gasteiger partial charge in [0.2, 0.25) is 5.91 Å². The second kappa shape index (κ2) is 38.2. The van der Waals surface area contributed by atoms with E-state index in [1.807, 2.05) is 27.2 Å². The van der Waals surface area contributed by atoms with Gasteiger partial charge in [-0.25, -0.2) is 0 Å². The standard InChI is InChI=1S/C46H89N2O6P/c1-6-8-10-12-14-16-18-20-22-23-24-26-28-30-32-34-36-38-40-46(50)47-44(43-54-55(51,52)53-42-41-48(3,4)5)45(49)39-37-35-33-31-29-27-25-21-19-17-15-13-11-9-7-2/h16,18,22-23,37,39,44-45,49H,6-15,17,19-21,24-36,38,40-43H2,1-5H3,(H-,47,50,51,52)/b18-16-,23-22-,39-37+. The lowest BCUT2D eigenvalue weighted by molar-refractivity contribution is -0.870. The van der Waals surface area contributed by atoms with Crippen molar-refractivity contribution in [3.8, 4) is 0 Å². The van der Waals surface area contributed by atoms with Crippen LogP contribution in [0.5, 0.6) is 0 Å². The third-order valence-corrected chi connectivity index (χ3v) is 11.1. The van der Waals surface area contributed by atoms with E-state index in [2.05, 4.69) is 43.5 Å². The second-order valence-electron chi connectivity index (χ2n) is 16.8. The van der Waals surface area contributed by atoms with Gasteiger partial charge in [-0.05, 0) is 51.4 Å². The van der Waals surface area contributed by atoms with E-state index in [1.165, 1.54) is 122 Å². The Hall–Kier alpha value is -1.28. The van der Waals surface area contributed by atoms with Crippen molar-refractivity contribution < 1.29 is 32.9 Å². The zero-order valence-corrected chi connectivity index (χ0v) is 37.5. The summed E-state index contributed by atoms with van der Waals surface area (Å²) in [6.45, 7) is 4.62. The molecule has 0 heterocycles. The van der Waals surface area contributed by atoms with E-state index in [-0.39, 0.29) is 19.1 Å². The van der Waals surface area contributed by atoms with Crippen molar-refractivity contribution in [3.05, 3.63) is 36.5 Å². The molecule has 0 saturated heterocycles. The van der Waals surface area contributed by atoms with E-state index in [0.717, 1.165) is 57.8 Å². The number of quaternary nitrogens is 1. The summed E-state index contributed by atoms with van der Waals surface area (Å²) in [5.41, 5.74) is 0. The Kier molecular flexibility index (Phi) is 37.4. The average molecular weight is 797 g/mol. The summed E-state index contributed by atoms with van der Waals surface area (Å²) in [6.07, 6.45) is 46.1. The number of hydrogen-bond acceptors (Lipinski definition) is 6. The minimum Gasteiger partial charge on any atom is -0.756 e. The van der Waals surface area contributed by atoms with Gasteiger partial charge in [0.05, 0.1) is 39.9 Å². The maximum atomic E-state index is 12.9. The molecular formula is C46H89N2O6P. The predicted octanol–water partition coefficient (Wildman–Crippen LogP) is 12.1. The highest BCUT2D eigenvalue weighted by atomic mass is 31.2. The number of aliphatic hydroxyl groups excluding tert-OH is 1. The Balaban J connectivity index is 4.42. The van der Waals surface area contributed by atoms with Crippen molar-refractivity contribution in [1.29, 1.82) is 0 Å². The number of nitrogens with one attached hydrogen (secondary N) is 1. The highest BCUT2D eigenvalue weighted by Crippen LogP contribution is 2.38. The number of carbonyl (C=O) groups is 1. The van der Waals surface area contributed by atoms with Crippen molar-refractivity contribution in [2.75, 3.05) is 40.9 Å². The van der Waals surface area contributed by atoms with Gasteiger partial charge >= 0.3 is 0 Å². The third-order valence-electron chi connectivity index (χ3n) is 10.1. The van der Waals surface area contributed by atoms with Crippen LogP contribution >= 0.6 is 7.82 Å². The minimum absolute atomic E-state index is 0.00287. The first-order valence-corrected chi connectivity index (χ1v) is 24.3. The van der Waals surface area contributed by atoms with Crippen molar-refractivity contribution in [2.24, 2.45) is 0 Å². The summed E-state index contributed by atoms with van der Waals surface area (Å²) < 4.78 is 23.2. The number of phosphoric acid groups is 1. The molecule has 324 valence electrons. The zero-order chi connectivity index (χ0) is 40.7. The summed E-state index contributed by atoms with van der Waals surface area (Å²) in [5.74, 6) is -0.206. The molecule has 0 fully saturated rings. The number of unbranched alkanes of at least 4 members (excludes halogenated alkanes) is 24. The first kappa shape index (κ1) is 53.7. The summed E-state index contributed by atoms with van der Waals surface area (Å²) in [7, 11) is 1.25. The highest BCUT2D eigenvalue weighted by Gasteiger charge is 2.23. The molecule has 3 atom stereocenters. The molecule has 0 aliphatic heterocycles. The van der Waals surface area contributed by atoms with Gasteiger partial charge in [0.1, 0.15) is 13.2 Å². The van der Waals surface area contributed by atoms with Gasteiger partial charge < -0.3 is 28.8 Å². The van der Waals surface area contributed by atoms with Gasteiger partial charge in [0.15, 0.2) is 0 Å². The number of hydrogen-bond donors (Lipinski definition) is 2. The number of amides is 1. The largest absolute Gasteiger partial charge is 0.756 e. The second-order valence-corrected chi connectivity index (χ2v) is 18.2. The Morgan fingerprint density at radius 1 is 0.636 bits per heavy atom. The summed E-state index contributed by atoms with van der Waals surface area (Å²) in [6, 6.07) is -0.889. The summed E-state index contributed by atoms with van der Waals surface area (Å²) in [4.78, 5) is 25.3. The van der Waals surface area contributed by atoms with E-state index in [4.69, 9.17) is 9.05 Å². The monoisotopic (exact) mass is 797 g/mol. The van der Waals surface area contributed by atoms with E-state index in [9.17, 15) is 19.4 Å². The van der Waals surface area contributed by atoms with Crippen molar-refractivity contribution >= 4 is 13.7 Å². The van der Waals surface area contributed by atoms with Crippen LogP contribution in [0.1, 0.15) is 200 Å². The molecule has 3 unspecified atom stereocenters. The number of likely N-dealkylation sites (N-methyl/N-ethyl adjacent to an activating group) is 1. The van der Waals surface area contributed by atoms with Gasteiger partial charge in [0, 0.05) is 6.42 Å². The Labute approximate surface area is 340 Å². The molecule has 0 aromatic carbocycles. The molecule has 0 aromatic rings. The molecule has 1 amide bonds. The molecule has 0 saturated carbocycles. The number of carbonyl (C=O) groups excluding carboxylic acids is 1. The Morgan fingerprint density at radius 2 is 1.05 bits per heavy atom. The smallest absolute Gasteiger partial charge is 0.268 e. The first-order chi connectivity index (χ1) is 26.5. The van der Waals surface area contributed by atoms with Crippen LogP contribution in [0.2, 0.25) is 0 Å².